The maximum Gasteiger partial charge on any atom is 0.226 e. The predicted octanol–water partition coefficient (Wildman–Crippen LogP) is 16.0. The van der Waals surface area contributed by atoms with Gasteiger partial charge < -0.3 is 0 Å². The van der Waals surface area contributed by atoms with Crippen LogP contribution in [-0.2, 0) is 23.8 Å². The highest BCUT2D eigenvalue weighted by molar-refractivity contribution is 6.07. The highest BCUT2D eigenvalue weighted by atomic mass is 15.1. The summed E-state index contributed by atoms with van der Waals surface area (Å²) in [5, 5.41) is 5.14. The van der Waals surface area contributed by atoms with Crippen molar-refractivity contribution in [1.82, 2.24) is 0 Å². The molecule has 2 heteroatoms. The molecule has 2 atom stereocenters. The first-order valence-electron chi connectivity index (χ1n) is 24.6. The third-order valence-electron chi connectivity index (χ3n) is 15.7. The van der Waals surface area contributed by atoms with E-state index in [4.69, 9.17) is 0 Å². The molecule has 67 heavy (non-hydrogen) atoms. The number of benzene rings is 7. The van der Waals surface area contributed by atoms with Crippen molar-refractivity contribution in [2.75, 3.05) is 0 Å². The van der Waals surface area contributed by atoms with E-state index in [0.29, 0.717) is 0 Å². The lowest BCUT2D eigenvalue weighted by atomic mass is 9.58. The van der Waals surface area contributed by atoms with Crippen LogP contribution >= 0.6 is 0 Å². The van der Waals surface area contributed by atoms with Crippen molar-refractivity contribution in [3.8, 4) is 55.8 Å². The van der Waals surface area contributed by atoms with Gasteiger partial charge in [-0.3, -0.25) is 0 Å². The van der Waals surface area contributed by atoms with Gasteiger partial charge in [-0.05, 0) is 154 Å². The number of hydrogen-bond acceptors (Lipinski definition) is 0. The fourth-order valence-electron chi connectivity index (χ4n) is 11.8. The average molecular weight is 869 g/mol. The maximum absolute atomic E-state index is 2.67. The van der Waals surface area contributed by atoms with Crippen LogP contribution in [0.2, 0.25) is 0 Å². The van der Waals surface area contributed by atoms with Crippen LogP contribution in [-0.4, -0.2) is 0 Å². The smallest absolute Gasteiger partial charge is 0.191 e. The third-order valence-corrected chi connectivity index (χ3v) is 15.7. The van der Waals surface area contributed by atoms with E-state index >= 15 is 0 Å². The fraction of sp³-hybridized carbons (Fsp3) is 0.200. The van der Waals surface area contributed by atoms with Crippen molar-refractivity contribution in [3.05, 3.63) is 223 Å². The second kappa shape index (κ2) is 17.2. The van der Waals surface area contributed by atoms with Gasteiger partial charge in [0.05, 0.1) is 28.2 Å². The Balaban J connectivity index is 1.03. The first-order chi connectivity index (χ1) is 32.8. The van der Waals surface area contributed by atoms with Gasteiger partial charge in [-0.1, -0.05) is 142 Å². The molecule has 0 saturated heterocycles. The van der Waals surface area contributed by atoms with Crippen LogP contribution in [0.4, 0.5) is 0 Å². The molecule has 1 aliphatic heterocycles. The number of nitrogens with zero attached hydrogens (tertiary/aromatic N) is 2. The van der Waals surface area contributed by atoms with Gasteiger partial charge in [-0.15, -0.1) is 0 Å². The summed E-state index contributed by atoms with van der Waals surface area (Å²) in [6, 6.07) is 70.9. The molecule has 1 aliphatic rings. The monoisotopic (exact) mass is 868 g/mol. The lowest BCUT2D eigenvalue weighted by molar-refractivity contribution is -0.771. The van der Waals surface area contributed by atoms with E-state index in [0.717, 1.165) is 25.7 Å². The van der Waals surface area contributed by atoms with Crippen LogP contribution in [0.5, 0.6) is 0 Å². The van der Waals surface area contributed by atoms with E-state index in [1.165, 1.54) is 118 Å². The summed E-state index contributed by atoms with van der Waals surface area (Å²) in [5.74, 6) is 0. The molecule has 7 aromatic carbocycles. The second-order valence-corrected chi connectivity index (χ2v) is 19.3. The largest absolute Gasteiger partial charge is 0.226 e. The van der Waals surface area contributed by atoms with Gasteiger partial charge in [-0.2, -0.15) is 8.97 Å². The van der Waals surface area contributed by atoms with Crippen LogP contribution in [0.15, 0.2) is 200 Å². The van der Waals surface area contributed by atoms with E-state index < -0.39 is 0 Å². The van der Waals surface area contributed by atoms with Crippen LogP contribution in [0, 0.1) is 6.92 Å². The lowest BCUT2D eigenvalue weighted by Crippen LogP contribution is -2.70. The van der Waals surface area contributed by atoms with Crippen LogP contribution in [0.1, 0.15) is 75.8 Å². The summed E-state index contributed by atoms with van der Waals surface area (Å²) in [4.78, 5) is 0. The normalized spacial score (nSPS) is 16.6. The summed E-state index contributed by atoms with van der Waals surface area (Å²) >= 11 is 0. The minimum atomic E-state index is -0.245. The summed E-state index contributed by atoms with van der Waals surface area (Å²) in [6.07, 6.45) is 11.1. The standard InChI is InChI=1S/C65H60N2/c1-6-9-20-46-30-32-48(33-31-46)54-39-53(47-21-11-10-12-22-47)40-55(41-54)50-25-19-26-51(38-50)59-43-60-61(37-45(59)4)64(5,7-2)65(8-3,67-35-18-17-29-62(60)67)44-56-42-52-24-14-16-28-58(52)63-57-27-15-13-23-49(57)34-36-66(56)63/h10-19,21-43H,6-9,20,44H2,1-5H3/q+2. The van der Waals surface area contributed by atoms with Crippen molar-refractivity contribution >= 4 is 27.1 Å². The van der Waals surface area contributed by atoms with Crippen molar-refractivity contribution in [2.45, 2.75) is 84.1 Å². The number of unbranched alkanes of at least 4 members (excludes halogenated alkanes) is 1. The van der Waals surface area contributed by atoms with Gasteiger partial charge in [0.2, 0.25) is 11.2 Å². The minimum Gasteiger partial charge on any atom is -0.191 e. The molecule has 0 bridgehead atoms. The fourth-order valence-corrected chi connectivity index (χ4v) is 11.8. The SMILES string of the molecule is CCCCc1ccc(-c2cc(-c3ccccc3)cc(-c3cccc(-c4cc5c(cc4C)C(C)(CC)C(CC)(Cc4cc6ccccc6c6c7ccccc7cc[n+]46)[n+]4ccccc4-5)c3)c2)cc1. The molecule has 2 unspecified atom stereocenters. The first-order valence-corrected chi connectivity index (χ1v) is 24.6. The van der Waals surface area contributed by atoms with Crippen molar-refractivity contribution in [1.29, 1.82) is 0 Å². The zero-order valence-corrected chi connectivity index (χ0v) is 39.7. The van der Waals surface area contributed by atoms with Gasteiger partial charge in [0.1, 0.15) is 0 Å². The van der Waals surface area contributed by atoms with Gasteiger partial charge in [0.15, 0.2) is 23.6 Å². The van der Waals surface area contributed by atoms with Gasteiger partial charge >= 0.3 is 0 Å². The first kappa shape index (κ1) is 42.5. The molecule has 328 valence electrons. The molecular formula is C65H60N2+2. The zero-order valence-electron chi connectivity index (χ0n) is 39.7. The predicted molar refractivity (Wildman–Crippen MR) is 281 cm³/mol. The molecule has 2 nitrogen and oxygen atoms in total. The maximum atomic E-state index is 2.67. The lowest BCUT2D eigenvalue weighted by Gasteiger charge is -2.47. The Labute approximate surface area is 396 Å². The number of aryl methyl sites for hydroxylation is 2. The summed E-state index contributed by atoms with van der Waals surface area (Å²) in [7, 11) is 0. The molecule has 11 rings (SSSR count). The van der Waals surface area contributed by atoms with Gasteiger partial charge in [0, 0.05) is 30.7 Å². The molecule has 0 N–H and O–H groups in total. The number of fused-ring (bicyclic) bond motifs is 8. The summed E-state index contributed by atoms with van der Waals surface area (Å²) in [5.41, 5.74) is 18.9. The molecule has 0 amide bonds. The Kier molecular flexibility index (Phi) is 10.9. The Morgan fingerprint density at radius 1 is 0.478 bits per heavy atom. The molecule has 0 radical (unpaired) electrons. The molecule has 0 saturated carbocycles. The summed E-state index contributed by atoms with van der Waals surface area (Å²) < 4.78 is 5.17. The third kappa shape index (κ3) is 7.17. The van der Waals surface area contributed by atoms with Crippen LogP contribution in [0.25, 0.3) is 82.8 Å². The summed E-state index contributed by atoms with van der Waals surface area (Å²) in [6.45, 7) is 12.0. The van der Waals surface area contributed by atoms with E-state index in [1.54, 1.807) is 0 Å². The molecule has 3 aromatic heterocycles. The molecule has 0 spiro atoms. The molecule has 4 heterocycles. The Morgan fingerprint density at radius 2 is 1.10 bits per heavy atom. The highest BCUT2D eigenvalue weighted by Gasteiger charge is 2.60. The molecular weight excluding hydrogens is 809 g/mol. The Bertz CT molecular complexity index is 3460. The quantitative estimate of drug-likeness (QED) is 0.0904. The molecule has 0 aliphatic carbocycles. The Hall–Kier alpha value is -7.16. The van der Waals surface area contributed by atoms with Crippen molar-refractivity contribution < 1.29 is 8.97 Å². The van der Waals surface area contributed by atoms with Crippen LogP contribution < -0.4 is 8.97 Å². The Morgan fingerprint density at radius 3 is 1.84 bits per heavy atom. The van der Waals surface area contributed by atoms with Gasteiger partial charge in [0.25, 0.3) is 0 Å². The second-order valence-electron chi connectivity index (χ2n) is 19.3. The average Bonchev–Trinajstić information content (AvgIpc) is 3.39. The van der Waals surface area contributed by atoms with E-state index in [2.05, 4.69) is 244 Å². The molecule has 10 aromatic rings. The molecule has 0 fully saturated rings. The number of rotatable bonds is 11. The van der Waals surface area contributed by atoms with E-state index in [-0.39, 0.29) is 11.0 Å². The zero-order chi connectivity index (χ0) is 45.7. The van der Waals surface area contributed by atoms with E-state index in [1.807, 2.05) is 0 Å². The van der Waals surface area contributed by atoms with Crippen LogP contribution in [0.3, 0.4) is 0 Å². The minimum absolute atomic E-state index is 0.181. The van der Waals surface area contributed by atoms with Crippen molar-refractivity contribution in [2.24, 2.45) is 0 Å². The number of pyridine rings is 3. The number of hydrogen-bond donors (Lipinski definition) is 0. The van der Waals surface area contributed by atoms with Crippen molar-refractivity contribution in [3.63, 3.8) is 0 Å². The number of aromatic nitrogens is 2. The topological polar surface area (TPSA) is 7.98 Å². The highest BCUT2D eigenvalue weighted by Crippen LogP contribution is 2.52. The van der Waals surface area contributed by atoms with E-state index in [9.17, 15) is 0 Å². The van der Waals surface area contributed by atoms with Gasteiger partial charge in [-0.25, -0.2) is 0 Å².